The molecular formula is C24H29FO6. The number of hydrogen-bond acceptors (Lipinski definition) is 6. The molecule has 0 N–H and O–H groups in total. The van der Waals surface area contributed by atoms with Crippen molar-refractivity contribution >= 4 is 11.6 Å². The minimum Gasteiger partial charge on any atom is -0.486 e. The molecule has 6 nitrogen and oxygen atoms in total. The quantitative estimate of drug-likeness (QED) is 0.715. The second kappa shape index (κ2) is 11.9. The van der Waals surface area contributed by atoms with Crippen molar-refractivity contribution in [3.05, 3.63) is 47.5 Å². The molecule has 0 radical (unpaired) electrons. The van der Waals surface area contributed by atoms with Gasteiger partial charge in [0.2, 0.25) is 0 Å². The zero-order chi connectivity index (χ0) is 23.5. The van der Waals surface area contributed by atoms with Crippen LogP contribution in [0.3, 0.4) is 0 Å². The number of ether oxygens (including phenoxy) is 4. The van der Waals surface area contributed by atoms with E-state index < -0.39 is 7.15 Å². The monoisotopic (exact) mass is 433 g/mol. The van der Waals surface area contributed by atoms with Crippen LogP contribution >= 0.6 is 0 Å². The van der Waals surface area contributed by atoms with Crippen molar-refractivity contribution in [2.45, 2.75) is 33.1 Å². The van der Waals surface area contributed by atoms with E-state index in [4.69, 9.17) is 20.3 Å². The van der Waals surface area contributed by atoms with Crippen molar-refractivity contribution < 1.29 is 34.3 Å². The second-order valence-electron chi connectivity index (χ2n) is 7.09. The van der Waals surface area contributed by atoms with E-state index in [0.29, 0.717) is 32.8 Å². The van der Waals surface area contributed by atoms with Gasteiger partial charge in [-0.3, -0.25) is 14.0 Å². The maximum Gasteiger partial charge on any atom is 0.161 e. The van der Waals surface area contributed by atoms with Crippen molar-refractivity contribution in [3.8, 4) is 23.0 Å². The topological polar surface area (TPSA) is 71.1 Å². The van der Waals surface area contributed by atoms with Crippen LogP contribution in [-0.4, -0.2) is 45.1 Å². The van der Waals surface area contributed by atoms with Gasteiger partial charge in [0.05, 0.1) is 8.52 Å². The van der Waals surface area contributed by atoms with Crippen molar-refractivity contribution in [1.82, 2.24) is 0 Å². The van der Waals surface area contributed by atoms with E-state index in [0.717, 1.165) is 34.1 Å². The Bertz CT molecular complexity index is 917. The van der Waals surface area contributed by atoms with Gasteiger partial charge in [-0.25, -0.2) is 0 Å². The highest BCUT2D eigenvalue weighted by atomic mass is 19.1. The molecule has 0 aliphatic carbocycles. The summed E-state index contributed by atoms with van der Waals surface area (Å²) in [6.45, 7) is 7.42. The molecule has 0 amide bonds. The molecule has 2 heterocycles. The van der Waals surface area contributed by atoms with Crippen molar-refractivity contribution in [1.29, 1.82) is 0 Å². The molecular weight excluding hydrogens is 403 g/mol. The second-order valence-corrected chi connectivity index (χ2v) is 7.09. The van der Waals surface area contributed by atoms with Gasteiger partial charge in [-0.05, 0) is 49.2 Å². The molecule has 31 heavy (non-hydrogen) atoms. The first-order chi connectivity index (χ1) is 15.3. The first kappa shape index (κ1) is 22.6. The third kappa shape index (κ3) is 6.98. The SMILES string of the molecule is CC(=O)C(C)c1ccc2c(c1)OCCO2.CC(=O)Cc1ccc2c(c1)OCCO2.[2H]CF. The first-order valence-electron chi connectivity index (χ1n) is 10.7. The van der Waals surface area contributed by atoms with Crippen LogP contribution in [-0.2, 0) is 16.0 Å². The number of rotatable bonds is 4. The summed E-state index contributed by atoms with van der Waals surface area (Å²) in [7, 11) is -1.00. The fourth-order valence-electron chi connectivity index (χ4n) is 3.05. The number of alkyl halides is 1. The molecule has 1 atom stereocenters. The third-order valence-electron chi connectivity index (χ3n) is 4.74. The number of carbonyl (C=O) groups is 2. The Labute approximate surface area is 183 Å². The van der Waals surface area contributed by atoms with Crippen LogP contribution in [0.5, 0.6) is 23.0 Å². The minimum absolute atomic E-state index is 0.0826. The summed E-state index contributed by atoms with van der Waals surface area (Å²) < 4.78 is 37.1. The predicted octanol–water partition coefficient (Wildman–Crippen LogP) is 4.33. The van der Waals surface area contributed by atoms with E-state index >= 15 is 0 Å². The molecule has 0 fully saturated rings. The molecule has 0 saturated heterocycles. The Morgan fingerprint density at radius 1 is 0.903 bits per heavy atom. The lowest BCUT2D eigenvalue weighted by atomic mass is 9.97. The number of halogens is 1. The lowest BCUT2D eigenvalue weighted by Crippen LogP contribution is -2.16. The summed E-state index contributed by atoms with van der Waals surface area (Å²) in [6.07, 6.45) is 0.455. The number of benzene rings is 2. The summed E-state index contributed by atoms with van der Waals surface area (Å²) >= 11 is 0. The molecule has 168 valence electrons. The van der Waals surface area contributed by atoms with E-state index in [-0.39, 0.29) is 17.5 Å². The van der Waals surface area contributed by atoms with Crippen LogP contribution in [0.4, 0.5) is 4.39 Å². The maximum atomic E-state index is 11.2. The smallest absolute Gasteiger partial charge is 0.161 e. The molecule has 2 aliphatic rings. The number of fused-ring (bicyclic) bond motifs is 2. The van der Waals surface area contributed by atoms with Gasteiger partial charge in [0.1, 0.15) is 38.0 Å². The molecule has 4 rings (SSSR count). The van der Waals surface area contributed by atoms with E-state index in [2.05, 4.69) is 0 Å². The summed E-state index contributed by atoms with van der Waals surface area (Å²) in [6, 6.07) is 11.3. The molecule has 0 spiro atoms. The van der Waals surface area contributed by atoms with E-state index in [1.165, 1.54) is 0 Å². The number of ketones is 2. The van der Waals surface area contributed by atoms with E-state index in [9.17, 15) is 14.0 Å². The van der Waals surface area contributed by atoms with Crippen molar-refractivity contribution in [2.75, 3.05) is 33.6 Å². The first-order valence-corrected chi connectivity index (χ1v) is 9.98. The molecule has 0 bridgehead atoms. The lowest BCUT2D eigenvalue weighted by molar-refractivity contribution is -0.118. The zero-order valence-corrected chi connectivity index (χ0v) is 18.1. The van der Waals surface area contributed by atoms with Gasteiger partial charge in [-0.1, -0.05) is 19.1 Å². The van der Waals surface area contributed by atoms with Crippen LogP contribution in [0.1, 0.15) is 39.2 Å². The average Bonchev–Trinajstić information content (AvgIpc) is 2.78. The van der Waals surface area contributed by atoms with Crippen LogP contribution in [0.15, 0.2) is 36.4 Å². The largest absolute Gasteiger partial charge is 0.486 e. The number of Topliss-reactive ketones (excluding diaryl/α,β-unsaturated/α-hetero) is 2. The van der Waals surface area contributed by atoms with Crippen LogP contribution in [0.2, 0.25) is 0 Å². The Kier molecular flexibility index (Phi) is 8.70. The molecule has 2 aliphatic heterocycles. The zero-order valence-electron chi connectivity index (χ0n) is 19.1. The van der Waals surface area contributed by atoms with Gasteiger partial charge in [-0.2, -0.15) is 0 Å². The number of hydrogen-bond donors (Lipinski definition) is 0. The Morgan fingerprint density at radius 2 is 1.39 bits per heavy atom. The molecule has 2 aromatic rings. The van der Waals surface area contributed by atoms with Crippen molar-refractivity contribution in [3.63, 3.8) is 0 Å². The minimum atomic E-state index is -1.00. The van der Waals surface area contributed by atoms with Crippen LogP contribution in [0.25, 0.3) is 0 Å². The highest BCUT2D eigenvalue weighted by Crippen LogP contribution is 2.33. The van der Waals surface area contributed by atoms with E-state index in [1.807, 2.05) is 43.3 Å². The Morgan fingerprint density at radius 3 is 1.90 bits per heavy atom. The Hall–Kier alpha value is -3.09. The van der Waals surface area contributed by atoms with Gasteiger partial charge in [0.25, 0.3) is 0 Å². The lowest BCUT2D eigenvalue weighted by Gasteiger charge is -2.19. The van der Waals surface area contributed by atoms with Gasteiger partial charge in [-0.15, -0.1) is 0 Å². The van der Waals surface area contributed by atoms with Gasteiger partial charge in [0, 0.05) is 12.3 Å². The molecule has 2 aromatic carbocycles. The van der Waals surface area contributed by atoms with Crippen LogP contribution in [0, 0.1) is 0 Å². The summed E-state index contributed by atoms with van der Waals surface area (Å²) in [5.41, 5.74) is 1.95. The highest BCUT2D eigenvalue weighted by molar-refractivity contribution is 5.83. The summed E-state index contributed by atoms with van der Waals surface area (Å²) in [5, 5.41) is 0. The fourth-order valence-corrected chi connectivity index (χ4v) is 3.05. The summed E-state index contributed by atoms with van der Waals surface area (Å²) in [4.78, 5) is 22.1. The standard InChI is InChI=1S/C12H14O3.C11H12O3.CH3F/c1-8(9(2)13)10-3-4-11-12(7-10)15-6-5-14-11;1-8(12)6-9-2-3-10-11(7-9)14-5-4-13-10;1-2/h3-4,7-8H,5-6H2,1-2H3;2-3,7H,4-6H2,1H3;1H3/i;;1D. The highest BCUT2D eigenvalue weighted by Gasteiger charge is 2.16. The molecule has 0 aromatic heterocycles. The molecule has 7 heteroatoms. The predicted molar refractivity (Wildman–Crippen MR) is 115 cm³/mol. The maximum absolute atomic E-state index is 11.2. The van der Waals surface area contributed by atoms with Crippen molar-refractivity contribution in [2.24, 2.45) is 0 Å². The average molecular weight is 433 g/mol. The molecule has 0 saturated carbocycles. The fraction of sp³-hybridized carbons (Fsp3) is 0.417. The summed E-state index contributed by atoms with van der Waals surface area (Å²) in [5.74, 6) is 3.25. The normalized spacial score (nSPS) is 14.5. The Balaban J connectivity index is 0.000000203. The molecule has 1 unspecified atom stereocenters. The van der Waals surface area contributed by atoms with Gasteiger partial charge >= 0.3 is 0 Å². The van der Waals surface area contributed by atoms with Gasteiger partial charge < -0.3 is 18.9 Å². The third-order valence-corrected chi connectivity index (χ3v) is 4.74. The van der Waals surface area contributed by atoms with Gasteiger partial charge in [0.15, 0.2) is 23.0 Å². The van der Waals surface area contributed by atoms with Crippen LogP contribution < -0.4 is 18.9 Å². The number of carbonyl (C=O) groups excluding carboxylic acids is 2. The van der Waals surface area contributed by atoms with E-state index in [1.54, 1.807) is 13.8 Å².